The van der Waals surface area contributed by atoms with Gasteiger partial charge in [0.05, 0.1) is 5.92 Å². The molecule has 0 radical (unpaired) electrons. The molecule has 0 aromatic carbocycles. The van der Waals surface area contributed by atoms with Gasteiger partial charge in [0.2, 0.25) is 0 Å². The van der Waals surface area contributed by atoms with E-state index in [0.29, 0.717) is 0 Å². The van der Waals surface area contributed by atoms with Crippen LogP contribution in [0.25, 0.3) is 0 Å². The molecule has 5 heteroatoms. The van der Waals surface area contributed by atoms with Crippen molar-refractivity contribution in [3.8, 4) is 0 Å². The van der Waals surface area contributed by atoms with E-state index >= 15 is 0 Å². The highest BCUT2D eigenvalue weighted by molar-refractivity contribution is 6.31. The van der Waals surface area contributed by atoms with Crippen molar-refractivity contribution in [3.63, 3.8) is 0 Å². The minimum atomic E-state index is -3.02. The number of ether oxygens (including phenoxy) is 1. The molecule has 2 nitrogen and oxygen atoms in total. The Morgan fingerprint density at radius 3 is 2.53 bits per heavy atom. The molecule has 84 valence electrons. The third-order valence-corrected chi connectivity index (χ3v) is 2.48. The molecule has 0 aromatic rings. The average Bonchev–Trinajstić information content (AvgIpc) is 2.08. The van der Waals surface area contributed by atoms with E-state index in [2.05, 4.69) is 13.2 Å². The Labute approximate surface area is 91.5 Å². The summed E-state index contributed by atoms with van der Waals surface area (Å²) in [7, 11) is 0. The second-order valence-electron chi connectivity index (χ2n) is 3.37. The zero-order valence-corrected chi connectivity index (χ0v) is 8.94. The predicted molar refractivity (Wildman–Crippen MR) is 53.9 cm³/mol. The second kappa shape index (κ2) is 3.85. The number of aliphatic hydroxyl groups excluding tert-OH is 1. The van der Waals surface area contributed by atoms with Crippen molar-refractivity contribution in [2.75, 3.05) is 6.61 Å². The maximum absolute atomic E-state index is 13.3. The van der Waals surface area contributed by atoms with E-state index in [1.54, 1.807) is 0 Å². The van der Waals surface area contributed by atoms with Crippen LogP contribution < -0.4 is 0 Å². The largest absolute Gasteiger partial charge is 0.505 e. The Balaban J connectivity index is 3.25. The number of hydrogen-bond acceptors (Lipinski definition) is 2. The van der Waals surface area contributed by atoms with Crippen LogP contribution in [-0.2, 0) is 4.74 Å². The fraction of sp³-hybridized carbons (Fsp3) is 0.400. The fourth-order valence-corrected chi connectivity index (χ4v) is 1.63. The molecule has 0 aromatic heterocycles. The second-order valence-corrected chi connectivity index (χ2v) is 3.82. The molecule has 0 saturated carbocycles. The summed E-state index contributed by atoms with van der Waals surface area (Å²) < 4.78 is 31.3. The molecule has 15 heavy (non-hydrogen) atoms. The van der Waals surface area contributed by atoms with Crippen LogP contribution in [0.3, 0.4) is 0 Å². The molecule has 1 aliphatic rings. The van der Waals surface area contributed by atoms with Gasteiger partial charge >= 0.3 is 0 Å². The number of rotatable bonds is 2. The number of alkyl halides is 2. The molecule has 0 saturated heterocycles. The number of aliphatic hydroxyl groups is 1. The third kappa shape index (κ3) is 2.15. The number of allylic oxidation sites excluding steroid dienone is 2. The summed E-state index contributed by atoms with van der Waals surface area (Å²) in [4.78, 5) is 0. The molecule has 1 aliphatic heterocycles. The van der Waals surface area contributed by atoms with Crippen LogP contribution in [0.15, 0.2) is 35.3 Å². The van der Waals surface area contributed by atoms with Crippen molar-refractivity contribution in [3.05, 3.63) is 35.3 Å². The van der Waals surface area contributed by atoms with Gasteiger partial charge < -0.3 is 9.84 Å². The summed E-state index contributed by atoms with van der Waals surface area (Å²) in [6, 6.07) is 0. The maximum Gasteiger partial charge on any atom is 0.288 e. The molecule has 0 aliphatic carbocycles. The Bertz CT molecular complexity index is 347. The third-order valence-electron chi connectivity index (χ3n) is 2.27. The fourth-order valence-electron chi connectivity index (χ4n) is 1.38. The predicted octanol–water partition coefficient (Wildman–Crippen LogP) is 3.37. The average molecular weight is 237 g/mol. The van der Waals surface area contributed by atoms with Gasteiger partial charge in [-0.3, -0.25) is 0 Å². The van der Waals surface area contributed by atoms with Crippen LogP contribution in [0.2, 0.25) is 0 Å². The summed E-state index contributed by atoms with van der Waals surface area (Å²) >= 11 is 5.60. The molecule has 0 amide bonds. The minimum Gasteiger partial charge on any atom is -0.505 e. The molecule has 1 unspecified atom stereocenters. The monoisotopic (exact) mass is 236 g/mol. The van der Waals surface area contributed by atoms with Gasteiger partial charge in [-0.15, -0.1) is 0 Å². The van der Waals surface area contributed by atoms with Gasteiger partial charge in [-0.05, 0) is 0 Å². The van der Waals surface area contributed by atoms with E-state index in [4.69, 9.17) is 21.4 Å². The van der Waals surface area contributed by atoms with Crippen molar-refractivity contribution in [1.82, 2.24) is 0 Å². The maximum atomic E-state index is 13.3. The lowest BCUT2D eigenvalue weighted by molar-refractivity contribution is -0.104. The highest BCUT2D eigenvalue weighted by Gasteiger charge is 2.45. The smallest absolute Gasteiger partial charge is 0.288 e. The molecular weight excluding hydrogens is 226 g/mol. The van der Waals surface area contributed by atoms with Gasteiger partial charge in [0.1, 0.15) is 0 Å². The summed E-state index contributed by atoms with van der Waals surface area (Å²) in [6.07, 6.45) is 0. The van der Waals surface area contributed by atoms with E-state index in [1.165, 1.54) is 6.92 Å². The van der Waals surface area contributed by atoms with Crippen LogP contribution in [0.5, 0.6) is 0 Å². The highest BCUT2D eigenvalue weighted by Crippen LogP contribution is 2.42. The van der Waals surface area contributed by atoms with E-state index in [0.717, 1.165) is 0 Å². The van der Waals surface area contributed by atoms with Gasteiger partial charge in [0, 0.05) is 10.6 Å². The minimum absolute atomic E-state index is 0.000386. The van der Waals surface area contributed by atoms with Crippen LogP contribution in [-0.4, -0.2) is 17.6 Å². The van der Waals surface area contributed by atoms with Crippen LogP contribution in [0, 0.1) is 5.92 Å². The quantitative estimate of drug-likeness (QED) is 0.745. The summed E-state index contributed by atoms with van der Waals surface area (Å²) in [6.45, 7) is 7.10. The van der Waals surface area contributed by atoms with Crippen LogP contribution in [0.1, 0.15) is 6.92 Å². The van der Waals surface area contributed by atoms with Crippen molar-refractivity contribution in [2.45, 2.75) is 12.8 Å². The van der Waals surface area contributed by atoms with Gasteiger partial charge in [0.25, 0.3) is 5.92 Å². The first-order valence-electron chi connectivity index (χ1n) is 4.25. The zero-order valence-electron chi connectivity index (χ0n) is 8.19. The molecule has 1 N–H and O–H groups in total. The first kappa shape index (κ1) is 12.0. The first-order valence-corrected chi connectivity index (χ1v) is 4.63. The van der Waals surface area contributed by atoms with Crippen LogP contribution in [0.4, 0.5) is 8.78 Å². The Hall–Kier alpha value is -1.03. The van der Waals surface area contributed by atoms with E-state index in [-0.39, 0.29) is 16.4 Å². The van der Waals surface area contributed by atoms with E-state index in [9.17, 15) is 8.78 Å². The van der Waals surface area contributed by atoms with E-state index in [1.807, 2.05) is 0 Å². The molecular formula is C10H11ClF2O2. The van der Waals surface area contributed by atoms with Gasteiger partial charge in [-0.1, -0.05) is 31.7 Å². The summed E-state index contributed by atoms with van der Waals surface area (Å²) in [5.74, 6) is -4.70. The van der Waals surface area contributed by atoms with Gasteiger partial charge in [-0.25, -0.2) is 8.78 Å². The molecule has 1 heterocycles. The first-order chi connectivity index (χ1) is 6.77. The van der Waals surface area contributed by atoms with Gasteiger partial charge in [-0.2, -0.15) is 0 Å². The lowest BCUT2D eigenvalue weighted by Crippen LogP contribution is -2.37. The van der Waals surface area contributed by atoms with Gasteiger partial charge in [0.15, 0.2) is 18.1 Å². The Morgan fingerprint density at radius 2 is 2.13 bits per heavy atom. The van der Waals surface area contributed by atoms with Crippen molar-refractivity contribution < 1.29 is 18.6 Å². The normalized spacial score (nSPS) is 24.7. The molecule has 0 fully saturated rings. The lowest BCUT2D eigenvalue weighted by atomic mass is 9.91. The zero-order chi connectivity index (χ0) is 11.8. The SMILES string of the molecule is C=C(O)C1=C(C(=C)Cl)C(C)C(F)(F)CO1. The standard InChI is InChI=1S/C10H11ClF2O2/c1-5-8(6(2)11)9(7(3)14)15-4-10(5,12)13/h5,14H,2-4H2,1H3. The number of halogens is 3. The summed E-state index contributed by atoms with van der Waals surface area (Å²) in [5, 5.41) is 9.09. The molecule has 0 bridgehead atoms. The highest BCUT2D eigenvalue weighted by atomic mass is 35.5. The molecule has 1 atom stereocenters. The molecule has 1 rings (SSSR count). The van der Waals surface area contributed by atoms with Crippen LogP contribution >= 0.6 is 11.6 Å². The Morgan fingerprint density at radius 1 is 1.60 bits per heavy atom. The van der Waals surface area contributed by atoms with E-state index < -0.39 is 24.2 Å². The molecule has 0 spiro atoms. The Kier molecular flexibility index (Phi) is 3.09. The van der Waals surface area contributed by atoms with Crippen molar-refractivity contribution in [1.29, 1.82) is 0 Å². The van der Waals surface area contributed by atoms with Crippen molar-refractivity contribution >= 4 is 11.6 Å². The summed E-state index contributed by atoms with van der Waals surface area (Å²) in [5.41, 5.74) is 0.000386. The number of hydrogen-bond donors (Lipinski definition) is 1. The lowest BCUT2D eigenvalue weighted by Gasteiger charge is -2.32. The topological polar surface area (TPSA) is 29.5 Å². The van der Waals surface area contributed by atoms with Crippen molar-refractivity contribution in [2.24, 2.45) is 5.92 Å².